The molecule has 1 amide bonds. The highest BCUT2D eigenvalue weighted by Gasteiger charge is 2.63. The van der Waals surface area contributed by atoms with Crippen molar-refractivity contribution in [2.24, 2.45) is 41.4 Å². The zero-order valence-corrected chi connectivity index (χ0v) is 38.9. The highest BCUT2D eigenvalue weighted by molar-refractivity contribution is 5.84. The van der Waals surface area contributed by atoms with Gasteiger partial charge >= 0.3 is 12.1 Å². The molecule has 0 saturated carbocycles. The lowest BCUT2D eigenvalue weighted by Gasteiger charge is -2.55. The van der Waals surface area contributed by atoms with E-state index in [9.17, 15) is 29.7 Å². The number of rotatable bonds is 14. The molecule has 0 aromatic carbocycles. The van der Waals surface area contributed by atoms with Gasteiger partial charge in [-0.25, -0.2) is 4.79 Å². The lowest BCUT2D eigenvalue weighted by atomic mass is 9.72. The number of aliphatic hydroxyl groups excluding tert-OH is 1. The van der Waals surface area contributed by atoms with Crippen LogP contribution in [0.25, 0.3) is 0 Å². The molecule has 0 bridgehead atoms. The lowest BCUT2D eigenvalue weighted by molar-refractivity contribution is -0.398. The fraction of sp³-hybridized carbons (Fsp3) is 0.854. The van der Waals surface area contributed by atoms with Crippen LogP contribution < -0.4 is 5.32 Å². The molecule has 5 aliphatic rings. The summed E-state index contributed by atoms with van der Waals surface area (Å²) < 4.78 is 40.0. The van der Waals surface area contributed by atoms with E-state index < -0.39 is 101 Å². The zero-order valence-electron chi connectivity index (χ0n) is 38.9. The first-order valence-electron chi connectivity index (χ1n) is 23.2. The highest BCUT2D eigenvalue weighted by Crippen LogP contribution is 2.54. The Morgan fingerprint density at radius 2 is 1.62 bits per heavy atom. The maximum absolute atomic E-state index is 14.7. The summed E-state index contributed by atoms with van der Waals surface area (Å²) >= 11 is 0. The summed E-state index contributed by atoms with van der Waals surface area (Å²) in [6.07, 6.45) is 10.9. The quantitative estimate of drug-likeness (QED) is 0.101. The molecule has 2 spiro atoms. The normalized spacial score (nSPS) is 41.6. The first kappa shape index (κ1) is 49.4. The van der Waals surface area contributed by atoms with Gasteiger partial charge in [0, 0.05) is 30.1 Å². The van der Waals surface area contributed by atoms with Crippen molar-refractivity contribution >= 4 is 17.8 Å². The Kier molecular flexibility index (Phi) is 15.3. The molecule has 0 aliphatic carbocycles. The van der Waals surface area contributed by atoms with E-state index in [-0.39, 0.29) is 29.6 Å². The second-order valence-electron chi connectivity index (χ2n) is 20.1. The van der Waals surface area contributed by atoms with Crippen LogP contribution >= 0.6 is 0 Å². The highest BCUT2D eigenvalue weighted by atomic mass is 16.8. The number of Topliss-reactive ketones (excluding diaryl/α,β-unsaturated/α-hetero) is 1. The summed E-state index contributed by atoms with van der Waals surface area (Å²) in [5.41, 5.74) is -2.95. The van der Waals surface area contributed by atoms with Crippen LogP contribution in [0.2, 0.25) is 0 Å². The third kappa shape index (κ3) is 9.91. The third-order valence-electron chi connectivity index (χ3n) is 15.4. The first-order chi connectivity index (χ1) is 28.4. The molecule has 0 aromatic heterocycles. The zero-order chi connectivity index (χ0) is 45.5. The van der Waals surface area contributed by atoms with Crippen LogP contribution in [0.1, 0.15) is 147 Å². The van der Waals surface area contributed by atoms with Crippen LogP contribution in [-0.2, 0) is 38.0 Å². The predicted octanol–water partition coefficient (Wildman–Crippen LogP) is 7.33. The summed E-state index contributed by atoms with van der Waals surface area (Å²) in [5, 5.41) is 35.9. The van der Waals surface area contributed by atoms with Gasteiger partial charge in [0.2, 0.25) is 0 Å². The average Bonchev–Trinajstić information content (AvgIpc) is 3.55. The molecule has 5 aliphatic heterocycles. The van der Waals surface area contributed by atoms with Gasteiger partial charge in [-0.15, -0.1) is 6.42 Å². The van der Waals surface area contributed by atoms with Crippen LogP contribution in [0.15, 0.2) is 12.2 Å². The maximum Gasteiger partial charge on any atom is 0.409 e. The van der Waals surface area contributed by atoms with Crippen LogP contribution in [-0.4, -0.2) is 104 Å². The number of aliphatic hydroxyl groups is 2. The van der Waals surface area contributed by atoms with E-state index in [1.807, 2.05) is 53.7 Å². The molecule has 5 heterocycles. The van der Waals surface area contributed by atoms with Crippen LogP contribution in [0, 0.1) is 53.8 Å². The van der Waals surface area contributed by atoms with Gasteiger partial charge in [0.25, 0.3) is 0 Å². The number of alkyl carbamates (subject to hydrolysis) is 1. The Hall–Kier alpha value is -2.57. The number of carboxylic acid groups (broad SMARTS) is 1. The van der Waals surface area contributed by atoms with Crippen molar-refractivity contribution in [3.8, 4) is 12.3 Å². The van der Waals surface area contributed by atoms with Crippen LogP contribution in [0.5, 0.6) is 0 Å². The molecule has 61 heavy (non-hydrogen) atoms. The molecule has 5 rings (SSSR count). The Labute approximate surface area is 364 Å². The van der Waals surface area contributed by atoms with Gasteiger partial charge in [-0.05, 0) is 103 Å². The summed E-state index contributed by atoms with van der Waals surface area (Å²) in [6, 6.07) is -0.810. The van der Waals surface area contributed by atoms with Crippen molar-refractivity contribution < 1.29 is 58.1 Å². The molecular formula is C48H77NO12. The number of carboxylic acids is 1. The Morgan fingerprint density at radius 3 is 2.21 bits per heavy atom. The fourth-order valence-corrected chi connectivity index (χ4v) is 11.1. The average molecular weight is 860 g/mol. The van der Waals surface area contributed by atoms with Gasteiger partial charge in [0.15, 0.2) is 17.2 Å². The van der Waals surface area contributed by atoms with Gasteiger partial charge < -0.3 is 49.1 Å². The second kappa shape index (κ2) is 18.9. The van der Waals surface area contributed by atoms with Crippen LogP contribution in [0.4, 0.5) is 4.79 Å². The van der Waals surface area contributed by atoms with E-state index in [1.165, 1.54) is 0 Å². The third-order valence-corrected chi connectivity index (χ3v) is 15.4. The number of carbonyl (C=O) groups is 3. The largest absolute Gasteiger partial charge is 0.481 e. The number of ketones is 1. The van der Waals surface area contributed by atoms with Crippen molar-refractivity contribution in [3.63, 3.8) is 0 Å². The van der Waals surface area contributed by atoms with E-state index in [2.05, 4.69) is 32.0 Å². The number of carbonyl (C=O) groups excluding carboxylic acids is 2. The smallest absolute Gasteiger partial charge is 0.409 e. The SMILES string of the molecule is C#CC(C)(C)OC(=O)N[C@@H]1C=C[C@]2(O[C@H]([C@@H](CC)C(=O)[C@@H](C)[C@@H](O)[C@H](C)[C@@H]3O[C@@H]([C@@H](CC)C(=O)O)CC[C@@H]3C)[C@@H](C)C[C@H]2C)O[C@@]12CC[C@@](C)([C@H]1CC[C@](O)(CC)[C@H](C)O1)O2. The number of hydrogen-bond donors (Lipinski definition) is 4. The Balaban J connectivity index is 1.40. The molecule has 0 aromatic rings. The molecule has 0 unspecified atom stereocenters. The summed E-state index contributed by atoms with van der Waals surface area (Å²) in [7, 11) is 0. The van der Waals surface area contributed by atoms with Crippen molar-refractivity contribution in [1.29, 1.82) is 0 Å². The molecule has 13 heteroatoms. The van der Waals surface area contributed by atoms with Gasteiger partial charge in [-0.3, -0.25) is 9.59 Å². The molecule has 0 radical (unpaired) electrons. The molecule has 346 valence electrons. The first-order valence-corrected chi connectivity index (χ1v) is 23.2. The Morgan fingerprint density at radius 1 is 0.951 bits per heavy atom. The van der Waals surface area contributed by atoms with Gasteiger partial charge in [0.1, 0.15) is 11.8 Å². The minimum absolute atomic E-state index is 0.0466. The molecule has 4 saturated heterocycles. The minimum Gasteiger partial charge on any atom is -0.481 e. The number of aliphatic carboxylic acids is 1. The van der Waals surface area contributed by atoms with Crippen LogP contribution in [0.3, 0.4) is 0 Å². The summed E-state index contributed by atoms with van der Waals surface area (Å²) in [4.78, 5) is 40.1. The number of ether oxygens (including phenoxy) is 6. The fourth-order valence-electron chi connectivity index (χ4n) is 11.1. The minimum atomic E-state index is -1.43. The Bertz CT molecular complexity index is 1650. The van der Waals surface area contributed by atoms with E-state index in [0.717, 1.165) is 6.42 Å². The number of hydrogen-bond acceptors (Lipinski definition) is 11. The second-order valence-corrected chi connectivity index (χ2v) is 20.1. The number of amides is 1. The summed E-state index contributed by atoms with van der Waals surface area (Å²) in [6.45, 7) is 22.7. The molecule has 4 fully saturated rings. The summed E-state index contributed by atoms with van der Waals surface area (Å²) in [5.74, 6) is -3.83. The van der Waals surface area contributed by atoms with E-state index in [1.54, 1.807) is 20.8 Å². The number of terminal acetylenes is 1. The van der Waals surface area contributed by atoms with Crippen molar-refractivity contribution in [2.45, 2.75) is 218 Å². The molecular weight excluding hydrogens is 783 g/mol. The maximum atomic E-state index is 14.7. The van der Waals surface area contributed by atoms with Crippen molar-refractivity contribution in [3.05, 3.63) is 12.2 Å². The predicted molar refractivity (Wildman–Crippen MR) is 229 cm³/mol. The van der Waals surface area contributed by atoms with Gasteiger partial charge in [-0.2, -0.15) is 0 Å². The van der Waals surface area contributed by atoms with Gasteiger partial charge in [0.05, 0.1) is 53.7 Å². The van der Waals surface area contributed by atoms with Gasteiger partial charge in [-0.1, -0.05) is 67.4 Å². The lowest BCUT2D eigenvalue weighted by Crippen LogP contribution is -2.66. The molecule has 13 nitrogen and oxygen atoms in total. The van der Waals surface area contributed by atoms with Crippen molar-refractivity contribution in [1.82, 2.24) is 5.32 Å². The van der Waals surface area contributed by atoms with E-state index in [4.69, 9.17) is 34.8 Å². The van der Waals surface area contributed by atoms with E-state index >= 15 is 0 Å². The monoisotopic (exact) mass is 860 g/mol. The number of nitrogens with one attached hydrogen (secondary N) is 1. The topological polar surface area (TPSA) is 179 Å². The van der Waals surface area contributed by atoms with E-state index in [0.29, 0.717) is 57.8 Å². The molecule has 4 N–H and O–H groups in total. The standard InChI is InChI=1S/C48H77NO12/c1-14-33(42(52)53)35-19-18-27(5)40(57-35)31(9)38(50)30(8)39(51)34(15-2)41-28(6)26-29(7)47(58-41)23-20-36(49-43(54)59-44(11,12)16-3)48(61-47)25-24-45(13,60-48)37-21-22-46(55,17-4)32(10)56-37/h3,20,23,27-38,40-41,50,55H,14-15,17-19,21-22,24-26H2,1-2,4-13H3,(H,49,54)(H,52,53)/t27-,28-,29+,30-,31-,32-,33+,34-,35+,36+,37+,38+,40+,41-,45-,46+,47-,48-/m0/s1. The van der Waals surface area contributed by atoms with Crippen molar-refractivity contribution in [2.75, 3.05) is 0 Å². The molecule has 18 atom stereocenters.